The zero-order chi connectivity index (χ0) is 61.9. The number of rotatable bonds is 34. The number of hydrogen-bond donors (Lipinski definition) is 1. The normalized spacial score (nSPS) is 16.4. The molecule has 4 aromatic rings. The third kappa shape index (κ3) is 23.5. The minimum absolute atomic E-state index is 0.0410. The van der Waals surface area contributed by atoms with Gasteiger partial charge in [-0.15, -0.1) is 0 Å². The summed E-state index contributed by atoms with van der Waals surface area (Å²) >= 11 is 0. The second kappa shape index (κ2) is 37.9. The first kappa shape index (κ1) is 67.6. The highest BCUT2D eigenvalue weighted by Crippen LogP contribution is 2.32. The highest BCUT2D eigenvalue weighted by Gasteiger charge is 2.50. The lowest BCUT2D eigenvalue weighted by atomic mass is 9.97. The lowest BCUT2D eigenvalue weighted by Crippen LogP contribution is -2.35. The molecule has 0 bridgehead atoms. The Bertz CT molecular complexity index is 3000. The van der Waals surface area contributed by atoms with Crippen molar-refractivity contribution in [2.75, 3.05) is 60.0 Å². The predicted octanol–water partition coefficient (Wildman–Crippen LogP) is 6.65. The predicted molar refractivity (Wildman–Crippen MR) is 304 cm³/mol. The Balaban J connectivity index is 0.000000332. The summed E-state index contributed by atoms with van der Waals surface area (Å²) in [6.45, 7) is 11.0. The summed E-state index contributed by atoms with van der Waals surface area (Å²) in [5, 5.41) is 25.7. The summed E-state index contributed by atoms with van der Waals surface area (Å²) in [6, 6.07) is 24.1. The van der Waals surface area contributed by atoms with Crippen molar-refractivity contribution in [1.29, 1.82) is 0 Å². The average Bonchev–Trinajstić information content (AvgIpc) is 2.11. The van der Waals surface area contributed by atoms with Crippen molar-refractivity contribution in [2.24, 2.45) is 20.4 Å². The van der Waals surface area contributed by atoms with Gasteiger partial charge in [-0.05, 0) is 96.5 Å². The molecule has 2 fully saturated rings. The first-order chi connectivity index (χ1) is 41.8. The molecule has 86 heavy (non-hydrogen) atoms. The smallest absolute Gasteiger partial charge is 0.341 e. The largest absolute Gasteiger partial charge is 0.465 e. The van der Waals surface area contributed by atoms with Crippen molar-refractivity contribution in [3.8, 4) is 5.75 Å². The molecule has 2 unspecified atom stereocenters. The molecule has 2 aliphatic rings. The lowest BCUT2D eigenvalue weighted by molar-refractivity contribution is -0.330. The van der Waals surface area contributed by atoms with Crippen LogP contribution in [0.15, 0.2) is 131 Å². The van der Waals surface area contributed by atoms with Gasteiger partial charge in [0.15, 0.2) is 11.9 Å². The van der Waals surface area contributed by atoms with Gasteiger partial charge < -0.3 is 47.5 Å². The van der Waals surface area contributed by atoms with E-state index in [1.807, 2.05) is 38.1 Å². The van der Waals surface area contributed by atoms with Gasteiger partial charge in [0.25, 0.3) is 6.47 Å². The fraction of sp³-hybridized carbons (Fsp3) is 0.350. The quantitative estimate of drug-likeness (QED) is 0.00747. The monoisotopic (exact) mass is 1190 g/mol. The first-order valence-electron chi connectivity index (χ1n) is 26.7. The summed E-state index contributed by atoms with van der Waals surface area (Å²) in [5.41, 5.74) is 5.38. The van der Waals surface area contributed by atoms with Gasteiger partial charge in [0, 0.05) is 25.0 Å². The van der Waals surface area contributed by atoms with Crippen LogP contribution in [0, 0.1) is 6.92 Å². The Labute approximate surface area is 494 Å². The number of fused-ring (bicyclic) bond motifs is 1. The van der Waals surface area contributed by atoms with Gasteiger partial charge in [0.05, 0.1) is 64.0 Å². The van der Waals surface area contributed by atoms with Crippen LogP contribution in [0.3, 0.4) is 0 Å². The molecule has 0 amide bonds. The summed E-state index contributed by atoms with van der Waals surface area (Å²) < 4.78 is 46.2. The SMILES string of the molecule is C=CC(=O)OCCOC(=O)CCC(OO)c1ccc(/C=N/N=C/c2ccc(C(=O)OC3CO[C@H]4[C@@H]3OC[C@H]4OOCC)cc2)cc1COC=O.C=CC(=O)OCCOC(=O)CCCOOc1ccc(/C=N/N=C/c2ccc(C)cc2)cc1C(=O)OC. The zero-order valence-corrected chi connectivity index (χ0v) is 47.4. The number of ether oxygens (including phenoxy) is 9. The number of carbonyl (C=O) groups excluding carboxylic acids is 7. The summed E-state index contributed by atoms with van der Waals surface area (Å²) in [5.74, 6) is -3.28. The van der Waals surface area contributed by atoms with E-state index in [1.54, 1.807) is 54.7 Å². The Morgan fingerprint density at radius 3 is 1.80 bits per heavy atom. The van der Waals surface area contributed by atoms with Crippen LogP contribution in [-0.2, 0) is 92.8 Å². The number of aryl methyl sites for hydroxylation is 1. The zero-order valence-electron chi connectivity index (χ0n) is 47.4. The summed E-state index contributed by atoms with van der Waals surface area (Å²) in [7, 11) is 1.25. The number of nitrogens with zero attached hydrogens (tertiary/aromatic N) is 4. The van der Waals surface area contributed by atoms with Crippen LogP contribution < -0.4 is 4.89 Å². The van der Waals surface area contributed by atoms with Crippen molar-refractivity contribution < 1.29 is 106 Å². The Hall–Kier alpha value is -9.15. The van der Waals surface area contributed by atoms with Crippen LogP contribution in [-0.4, -0.2) is 157 Å². The Morgan fingerprint density at radius 2 is 1.21 bits per heavy atom. The molecule has 26 nitrogen and oxygen atoms in total. The van der Waals surface area contributed by atoms with Gasteiger partial charge in [-0.3, -0.25) is 19.6 Å². The van der Waals surface area contributed by atoms with E-state index in [1.165, 1.54) is 37.9 Å². The van der Waals surface area contributed by atoms with E-state index in [0.29, 0.717) is 46.4 Å². The molecule has 1 N–H and O–H groups in total. The van der Waals surface area contributed by atoms with Gasteiger partial charge in [0.1, 0.15) is 63.0 Å². The van der Waals surface area contributed by atoms with Crippen molar-refractivity contribution in [1.82, 2.24) is 0 Å². The molecule has 4 aromatic carbocycles. The van der Waals surface area contributed by atoms with Crippen LogP contribution in [0.25, 0.3) is 0 Å². The first-order valence-corrected chi connectivity index (χ1v) is 26.7. The Kier molecular flexibility index (Phi) is 29.8. The molecule has 0 aliphatic carbocycles. The van der Waals surface area contributed by atoms with Crippen LogP contribution in [0.1, 0.15) is 98.4 Å². The fourth-order valence-corrected chi connectivity index (χ4v) is 7.72. The maximum atomic E-state index is 12.8. The van der Waals surface area contributed by atoms with Gasteiger partial charge in [-0.1, -0.05) is 67.3 Å². The number of esters is 6. The van der Waals surface area contributed by atoms with E-state index in [9.17, 15) is 38.8 Å². The summed E-state index contributed by atoms with van der Waals surface area (Å²) in [4.78, 5) is 107. The maximum Gasteiger partial charge on any atom is 0.341 e. The van der Waals surface area contributed by atoms with Crippen molar-refractivity contribution in [2.45, 2.75) is 76.7 Å². The van der Waals surface area contributed by atoms with Gasteiger partial charge in [0.2, 0.25) is 0 Å². The standard InChI is InChI=1S/C34H38N2O14.C26H28N2O8/c1-3-30(38)43-13-14-44-31(39)12-11-27(49-41)26-10-7-23(15-25(26)18-42-21-37)17-36-35-16-22-5-8-24(9-6-22)34(40)48-28-19-45-33-29(50-47-4-2)20-46-32(28)33;1-4-24(29)33-14-15-34-25(30)6-5-13-35-36-23-12-11-21(16-22(23)26(31)32-3)18-28-27-17-20-9-7-19(2)8-10-20/h3,5-10,15-17,21,27-29,32-33,41H,1,4,11-14,18-20H2,2H3;4,7-12,16-18H,1,5-6,13-15H2,2-3H3/b35-16+,36-17+;27-17+,28-18+/t27?,28?,29-,32-,33-;/m1./s1. The molecular weight excluding hydrogens is 1130 g/mol. The number of hydrogen-bond acceptors (Lipinski definition) is 26. The van der Waals surface area contributed by atoms with Gasteiger partial charge in [-0.2, -0.15) is 25.3 Å². The van der Waals surface area contributed by atoms with Crippen LogP contribution in [0.4, 0.5) is 0 Å². The van der Waals surface area contributed by atoms with Crippen LogP contribution in [0.5, 0.6) is 5.75 Å². The average molecular weight is 1200 g/mol. The molecule has 2 heterocycles. The molecular formula is C60H66N4O22. The number of benzene rings is 4. The third-order valence-electron chi connectivity index (χ3n) is 12.0. The van der Waals surface area contributed by atoms with Gasteiger partial charge in [-0.25, -0.2) is 33.8 Å². The minimum atomic E-state index is -0.942. The number of carbonyl (C=O) groups is 7. The van der Waals surface area contributed by atoms with E-state index >= 15 is 0 Å². The van der Waals surface area contributed by atoms with E-state index in [0.717, 1.165) is 23.3 Å². The molecule has 5 atom stereocenters. The van der Waals surface area contributed by atoms with Crippen LogP contribution >= 0.6 is 0 Å². The fourth-order valence-electron chi connectivity index (χ4n) is 7.72. The highest BCUT2D eigenvalue weighted by atomic mass is 17.2. The molecule has 2 saturated heterocycles. The molecule has 0 aromatic heterocycles. The molecule has 458 valence electrons. The Morgan fingerprint density at radius 1 is 0.663 bits per heavy atom. The van der Waals surface area contributed by atoms with Crippen molar-refractivity contribution in [3.05, 3.63) is 160 Å². The second-order valence-electron chi connectivity index (χ2n) is 18.0. The molecule has 26 heteroatoms. The maximum absolute atomic E-state index is 12.8. The molecule has 2 aliphatic heterocycles. The molecule has 6 rings (SSSR count). The van der Waals surface area contributed by atoms with E-state index in [2.05, 4.69) is 38.5 Å². The van der Waals surface area contributed by atoms with E-state index in [-0.39, 0.29) is 102 Å². The van der Waals surface area contributed by atoms with Crippen LogP contribution in [0.2, 0.25) is 0 Å². The van der Waals surface area contributed by atoms with Gasteiger partial charge >= 0.3 is 35.8 Å². The van der Waals surface area contributed by atoms with Crippen molar-refractivity contribution in [3.63, 3.8) is 0 Å². The molecule has 0 spiro atoms. The number of methoxy groups -OCH3 is 1. The lowest BCUT2D eigenvalue weighted by Gasteiger charge is -2.17. The molecule has 0 saturated carbocycles. The van der Waals surface area contributed by atoms with E-state index < -0.39 is 54.1 Å². The van der Waals surface area contributed by atoms with Crippen molar-refractivity contribution >= 4 is 67.1 Å². The summed E-state index contributed by atoms with van der Waals surface area (Å²) in [6.07, 6.45) is 5.67. The second-order valence-corrected chi connectivity index (χ2v) is 18.0. The third-order valence-corrected chi connectivity index (χ3v) is 12.0. The highest BCUT2D eigenvalue weighted by molar-refractivity contribution is 5.95. The van der Waals surface area contributed by atoms with E-state index in [4.69, 9.17) is 62.2 Å². The minimum Gasteiger partial charge on any atom is -0.465 e. The molecule has 0 radical (unpaired) electrons. The topological polar surface area (TPSA) is 318 Å².